The van der Waals surface area contributed by atoms with Gasteiger partial charge < -0.3 is 9.80 Å². The normalized spacial score (nSPS) is 16.7. The largest absolute Gasteiger partial charge is 0.347 e. The number of hydrogen-bond donors (Lipinski definition) is 0. The molecule has 0 saturated carbocycles. The molecule has 6 heteroatoms. The van der Waals surface area contributed by atoms with Gasteiger partial charge in [-0.25, -0.2) is 9.97 Å². The van der Waals surface area contributed by atoms with Crippen molar-refractivity contribution in [2.75, 3.05) is 32.1 Å². The third-order valence-corrected chi connectivity index (χ3v) is 5.07. The van der Waals surface area contributed by atoms with Crippen LogP contribution in [0.15, 0.2) is 24.3 Å². The van der Waals surface area contributed by atoms with E-state index in [1.165, 1.54) is 0 Å². The maximum absolute atomic E-state index is 12.8. The topological polar surface area (TPSA) is 73.1 Å². The number of carbonyl (C=O) groups is 1. The lowest BCUT2D eigenvalue weighted by molar-refractivity contribution is 0.0699. The molecule has 0 bridgehead atoms. The van der Waals surface area contributed by atoms with Crippen LogP contribution in [-0.2, 0) is 0 Å². The highest BCUT2D eigenvalue weighted by atomic mass is 16.2. The SMILES string of the molecule is Cc1nc(N(C)C)nc(-c2ccc(C(=O)N3CCC[C@@H](C#N)C3)cc2)c1C. The second kappa shape index (κ2) is 7.75. The zero-order valence-corrected chi connectivity index (χ0v) is 16.4. The van der Waals surface area contributed by atoms with E-state index in [1.807, 2.05) is 57.1 Å². The van der Waals surface area contributed by atoms with E-state index in [2.05, 4.69) is 16.0 Å². The summed E-state index contributed by atoms with van der Waals surface area (Å²) < 4.78 is 0. The molecule has 2 aromatic rings. The van der Waals surface area contributed by atoms with Gasteiger partial charge in [0, 0.05) is 44.0 Å². The summed E-state index contributed by atoms with van der Waals surface area (Å²) in [6, 6.07) is 9.85. The summed E-state index contributed by atoms with van der Waals surface area (Å²) in [5.74, 6) is 0.605. The smallest absolute Gasteiger partial charge is 0.253 e. The number of anilines is 1. The number of nitrogens with zero attached hydrogens (tertiary/aromatic N) is 5. The van der Waals surface area contributed by atoms with Crippen LogP contribution in [0.1, 0.15) is 34.5 Å². The Morgan fingerprint density at radius 1 is 1.22 bits per heavy atom. The van der Waals surface area contributed by atoms with Crippen LogP contribution >= 0.6 is 0 Å². The molecule has 27 heavy (non-hydrogen) atoms. The average molecular weight is 363 g/mol. The first-order chi connectivity index (χ1) is 12.9. The number of piperidine rings is 1. The molecule has 2 heterocycles. The van der Waals surface area contributed by atoms with Gasteiger partial charge >= 0.3 is 0 Å². The first-order valence-electron chi connectivity index (χ1n) is 9.22. The van der Waals surface area contributed by atoms with Gasteiger partial charge in [0.25, 0.3) is 5.91 Å². The van der Waals surface area contributed by atoms with Crippen LogP contribution in [0.2, 0.25) is 0 Å². The van der Waals surface area contributed by atoms with E-state index in [-0.39, 0.29) is 11.8 Å². The zero-order chi connectivity index (χ0) is 19.6. The maximum atomic E-state index is 12.8. The minimum Gasteiger partial charge on any atom is -0.347 e. The van der Waals surface area contributed by atoms with Crippen molar-refractivity contribution in [1.82, 2.24) is 14.9 Å². The zero-order valence-electron chi connectivity index (χ0n) is 16.4. The molecular formula is C21H25N5O. The monoisotopic (exact) mass is 363 g/mol. The second-order valence-electron chi connectivity index (χ2n) is 7.27. The standard InChI is InChI=1S/C21H25N5O/c1-14-15(2)23-21(25(3)4)24-19(14)17-7-9-18(10-8-17)20(27)26-11-5-6-16(12-22)13-26/h7-10,16H,5-6,11,13H2,1-4H3/t16-/m0/s1. The van der Waals surface area contributed by atoms with Gasteiger partial charge in [-0.3, -0.25) is 4.79 Å². The Labute approximate surface area is 160 Å². The number of benzene rings is 1. The molecule has 1 saturated heterocycles. The number of rotatable bonds is 3. The summed E-state index contributed by atoms with van der Waals surface area (Å²) in [4.78, 5) is 25.6. The van der Waals surface area contributed by atoms with Crippen molar-refractivity contribution in [2.24, 2.45) is 5.92 Å². The van der Waals surface area contributed by atoms with Gasteiger partial charge in [0.2, 0.25) is 5.95 Å². The lowest BCUT2D eigenvalue weighted by Crippen LogP contribution is -2.39. The van der Waals surface area contributed by atoms with Gasteiger partial charge in [-0.2, -0.15) is 5.26 Å². The molecule has 1 fully saturated rings. The summed E-state index contributed by atoms with van der Waals surface area (Å²) in [5.41, 5.74) is 4.47. The maximum Gasteiger partial charge on any atom is 0.253 e. The van der Waals surface area contributed by atoms with Crippen molar-refractivity contribution < 1.29 is 4.79 Å². The summed E-state index contributed by atoms with van der Waals surface area (Å²) in [6.45, 7) is 5.23. The van der Waals surface area contributed by atoms with Gasteiger partial charge in [0.15, 0.2) is 0 Å². The Morgan fingerprint density at radius 2 is 1.93 bits per heavy atom. The summed E-state index contributed by atoms with van der Waals surface area (Å²) in [7, 11) is 3.84. The molecule has 1 aromatic heterocycles. The molecule has 6 nitrogen and oxygen atoms in total. The van der Waals surface area contributed by atoms with Crippen molar-refractivity contribution >= 4 is 11.9 Å². The van der Waals surface area contributed by atoms with E-state index >= 15 is 0 Å². The molecule has 0 radical (unpaired) electrons. The molecule has 140 valence electrons. The predicted octanol–water partition coefficient (Wildman–Crippen LogP) is 3.20. The molecule has 0 unspecified atom stereocenters. The minimum atomic E-state index is -0.0573. The molecule has 1 aromatic carbocycles. The lowest BCUT2D eigenvalue weighted by atomic mass is 9.98. The number of hydrogen-bond acceptors (Lipinski definition) is 5. The van der Waals surface area contributed by atoms with Gasteiger partial charge in [0.1, 0.15) is 0 Å². The molecule has 0 N–H and O–H groups in total. The first-order valence-corrected chi connectivity index (χ1v) is 9.22. The molecule has 1 aliphatic rings. The van der Waals surface area contributed by atoms with Crippen LogP contribution in [0.5, 0.6) is 0 Å². The molecule has 1 atom stereocenters. The molecule has 1 aliphatic heterocycles. The van der Waals surface area contributed by atoms with Crippen LogP contribution in [0, 0.1) is 31.1 Å². The highest BCUT2D eigenvalue weighted by Crippen LogP contribution is 2.26. The Bertz CT molecular complexity index is 883. The third kappa shape index (κ3) is 3.92. The highest BCUT2D eigenvalue weighted by Gasteiger charge is 2.24. The lowest BCUT2D eigenvalue weighted by Gasteiger charge is -2.29. The van der Waals surface area contributed by atoms with Crippen molar-refractivity contribution in [3.63, 3.8) is 0 Å². The summed E-state index contributed by atoms with van der Waals surface area (Å²) in [5, 5.41) is 9.13. The fourth-order valence-corrected chi connectivity index (χ4v) is 3.32. The van der Waals surface area contributed by atoms with Crippen LogP contribution in [0.4, 0.5) is 5.95 Å². The molecule has 0 spiro atoms. The van der Waals surface area contributed by atoms with Crippen LogP contribution in [0.25, 0.3) is 11.3 Å². The number of aryl methyl sites for hydroxylation is 1. The van der Waals surface area contributed by atoms with Crippen molar-refractivity contribution in [2.45, 2.75) is 26.7 Å². The van der Waals surface area contributed by atoms with E-state index in [4.69, 9.17) is 5.26 Å². The number of likely N-dealkylation sites (tertiary alicyclic amines) is 1. The van der Waals surface area contributed by atoms with Crippen molar-refractivity contribution in [3.8, 4) is 17.3 Å². The van der Waals surface area contributed by atoms with Gasteiger partial charge in [-0.1, -0.05) is 12.1 Å². The Hall–Kier alpha value is -2.94. The van der Waals surface area contributed by atoms with Crippen molar-refractivity contribution in [3.05, 3.63) is 41.1 Å². The summed E-state index contributed by atoms with van der Waals surface area (Å²) in [6.07, 6.45) is 1.76. The van der Waals surface area contributed by atoms with Gasteiger partial charge in [0.05, 0.1) is 17.7 Å². The Balaban J connectivity index is 1.86. The van der Waals surface area contributed by atoms with Crippen LogP contribution < -0.4 is 4.90 Å². The van der Waals surface area contributed by atoms with Gasteiger partial charge in [-0.15, -0.1) is 0 Å². The number of aromatic nitrogens is 2. The quantitative estimate of drug-likeness (QED) is 0.837. The number of nitriles is 1. The molecule has 1 amide bonds. The first kappa shape index (κ1) is 18.8. The van der Waals surface area contributed by atoms with E-state index in [1.54, 1.807) is 4.90 Å². The fourth-order valence-electron chi connectivity index (χ4n) is 3.32. The second-order valence-corrected chi connectivity index (χ2v) is 7.27. The number of amides is 1. The average Bonchev–Trinajstić information content (AvgIpc) is 2.69. The van der Waals surface area contributed by atoms with E-state index < -0.39 is 0 Å². The minimum absolute atomic E-state index is 0.00827. The summed E-state index contributed by atoms with van der Waals surface area (Å²) >= 11 is 0. The van der Waals surface area contributed by atoms with Crippen LogP contribution in [-0.4, -0.2) is 48.0 Å². The predicted molar refractivity (Wildman–Crippen MR) is 106 cm³/mol. The third-order valence-electron chi connectivity index (χ3n) is 5.07. The van der Waals surface area contributed by atoms with Crippen molar-refractivity contribution in [1.29, 1.82) is 5.26 Å². The highest BCUT2D eigenvalue weighted by molar-refractivity contribution is 5.94. The molecule has 0 aliphatic carbocycles. The van der Waals surface area contributed by atoms with E-state index in [9.17, 15) is 4.79 Å². The van der Waals surface area contributed by atoms with Crippen LogP contribution in [0.3, 0.4) is 0 Å². The van der Waals surface area contributed by atoms with E-state index in [0.717, 1.165) is 41.9 Å². The number of carbonyl (C=O) groups excluding carboxylic acids is 1. The fraction of sp³-hybridized carbons (Fsp3) is 0.429. The Morgan fingerprint density at radius 3 is 2.56 bits per heavy atom. The van der Waals surface area contributed by atoms with Gasteiger partial charge in [-0.05, 0) is 44.4 Å². The Kier molecular flexibility index (Phi) is 5.41. The van der Waals surface area contributed by atoms with E-state index in [0.29, 0.717) is 18.1 Å². The molecule has 3 rings (SSSR count). The molecular weight excluding hydrogens is 338 g/mol.